The number of esters is 2. The minimum atomic E-state index is -0.645. The molecule has 0 aromatic carbocycles. The number of carbonyl (C=O) groups is 2. The zero-order valence-corrected chi connectivity index (χ0v) is 17.6. The summed E-state index contributed by atoms with van der Waals surface area (Å²) in [5.74, 6) is -0.537. The van der Waals surface area contributed by atoms with E-state index in [0.717, 1.165) is 18.4 Å². The van der Waals surface area contributed by atoms with Crippen molar-refractivity contribution in [3.63, 3.8) is 0 Å². The van der Waals surface area contributed by atoms with E-state index in [1.54, 1.807) is 0 Å². The van der Waals surface area contributed by atoms with Crippen LogP contribution in [-0.4, -0.2) is 46.6 Å². The summed E-state index contributed by atoms with van der Waals surface area (Å²) < 4.78 is 11.3. The minimum absolute atomic E-state index is 0.00395. The first-order chi connectivity index (χ1) is 13.8. The second-order valence-electron chi connectivity index (χ2n) is 8.91. The third kappa shape index (κ3) is 5.10. The molecular weight excluding hydrogens is 372 g/mol. The number of aliphatic hydroxyl groups is 2. The van der Waals surface area contributed by atoms with Crippen molar-refractivity contribution >= 4 is 11.9 Å². The summed E-state index contributed by atoms with van der Waals surface area (Å²) in [4.78, 5) is 24.1. The van der Waals surface area contributed by atoms with Gasteiger partial charge in [-0.2, -0.15) is 0 Å². The molecule has 0 spiro atoms. The molecule has 1 heterocycles. The van der Waals surface area contributed by atoms with Gasteiger partial charge in [-0.05, 0) is 36.7 Å². The maximum atomic E-state index is 12.4. The Labute approximate surface area is 173 Å². The van der Waals surface area contributed by atoms with Gasteiger partial charge in [-0.3, -0.25) is 9.59 Å². The molecule has 29 heavy (non-hydrogen) atoms. The van der Waals surface area contributed by atoms with Crippen LogP contribution < -0.4 is 0 Å². The lowest BCUT2D eigenvalue weighted by Gasteiger charge is -2.44. The lowest BCUT2D eigenvalue weighted by molar-refractivity contribution is -0.162. The van der Waals surface area contributed by atoms with E-state index in [9.17, 15) is 19.8 Å². The minimum Gasteiger partial charge on any atom is -0.462 e. The van der Waals surface area contributed by atoms with Crippen molar-refractivity contribution in [2.24, 2.45) is 23.7 Å². The Morgan fingerprint density at radius 1 is 1.34 bits per heavy atom. The van der Waals surface area contributed by atoms with E-state index in [1.165, 1.54) is 0 Å². The average Bonchev–Trinajstić information content (AvgIpc) is 2.67. The SMILES string of the molecule is CC[C@H](C)C(=O)OC1CC=CC2=C[C@H](O)[C@H](C)[C@H](CC[C@@H]3CC(O)CC(=O)O3)[C@H]21. The fourth-order valence-electron chi connectivity index (χ4n) is 4.84. The molecule has 6 heteroatoms. The van der Waals surface area contributed by atoms with E-state index >= 15 is 0 Å². The Bertz CT molecular complexity index is 668. The van der Waals surface area contributed by atoms with Gasteiger partial charge in [-0.25, -0.2) is 0 Å². The number of cyclic esters (lactones) is 1. The molecule has 3 rings (SSSR count). The van der Waals surface area contributed by atoms with Crippen molar-refractivity contribution < 1.29 is 29.3 Å². The first kappa shape index (κ1) is 22.0. The summed E-state index contributed by atoms with van der Waals surface area (Å²) in [6.45, 7) is 5.88. The van der Waals surface area contributed by atoms with Crippen molar-refractivity contribution in [2.75, 3.05) is 0 Å². The van der Waals surface area contributed by atoms with Gasteiger partial charge in [0.15, 0.2) is 0 Å². The van der Waals surface area contributed by atoms with Gasteiger partial charge >= 0.3 is 11.9 Å². The molecule has 162 valence electrons. The lowest BCUT2D eigenvalue weighted by Crippen LogP contribution is -2.44. The predicted molar refractivity (Wildman–Crippen MR) is 108 cm³/mol. The third-order valence-electron chi connectivity index (χ3n) is 6.84. The molecule has 2 N–H and O–H groups in total. The number of hydrogen-bond acceptors (Lipinski definition) is 6. The number of fused-ring (bicyclic) bond motifs is 1. The van der Waals surface area contributed by atoms with Crippen molar-refractivity contribution in [1.29, 1.82) is 0 Å². The second kappa shape index (κ2) is 9.43. The fraction of sp³-hybridized carbons (Fsp3) is 0.739. The van der Waals surface area contributed by atoms with E-state index in [-0.39, 0.29) is 54.2 Å². The highest BCUT2D eigenvalue weighted by Crippen LogP contribution is 2.44. The summed E-state index contributed by atoms with van der Waals surface area (Å²) >= 11 is 0. The Morgan fingerprint density at radius 3 is 2.79 bits per heavy atom. The molecule has 8 atom stereocenters. The van der Waals surface area contributed by atoms with Crippen LogP contribution in [0.4, 0.5) is 0 Å². The number of rotatable bonds is 6. The van der Waals surface area contributed by atoms with Gasteiger partial charge in [0.1, 0.15) is 12.2 Å². The standard InChI is InChI=1S/C23H34O6/c1-4-13(2)23(27)29-20-7-5-6-15-10-19(25)14(3)18(22(15)20)9-8-17-11-16(24)12-21(26)28-17/h5-6,10,13-14,16-20,22,24-25H,4,7-9,11-12H2,1-3H3/t13-,14+,16?,17+,18-,19-,20?,22-/m0/s1. The van der Waals surface area contributed by atoms with Crippen LogP contribution in [0, 0.1) is 23.7 Å². The molecule has 1 fully saturated rings. The Kier molecular flexibility index (Phi) is 7.17. The summed E-state index contributed by atoms with van der Waals surface area (Å²) in [7, 11) is 0. The van der Waals surface area contributed by atoms with Crippen LogP contribution >= 0.6 is 0 Å². The second-order valence-corrected chi connectivity index (χ2v) is 8.91. The van der Waals surface area contributed by atoms with Gasteiger partial charge < -0.3 is 19.7 Å². The summed E-state index contributed by atoms with van der Waals surface area (Å²) in [5.41, 5.74) is 1.02. The average molecular weight is 407 g/mol. The Morgan fingerprint density at radius 2 is 2.10 bits per heavy atom. The summed E-state index contributed by atoms with van der Waals surface area (Å²) in [6, 6.07) is 0. The number of ether oxygens (including phenoxy) is 2. The van der Waals surface area contributed by atoms with Crippen LogP contribution in [0.5, 0.6) is 0 Å². The monoisotopic (exact) mass is 406 g/mol. The van der Waals surface area contributed by atoms with Crippen molar-refractivity contribution in [3.05, 3.63) is 23.8 Å². The topological polar surface area (TPSA) is 93.1 Å². The number of hydrogen-bond donors (Lipinski definition) is 2. The summed E-state index contributed by atoms with van der Waals surface area (Å²) in [5, 5.41) is 20.4. The van der Waals surface area contributed by atoms with Gasteiger partial charge in [-0.15, -0.1) is 0 Å². The zero-order chi connectivity index (χ0) is 21.1. The molecule has 0 saturated carbocycles. The van der Waals surface area contributed by atoms with Gasteiger partial charge in [0.25, 0.3) is 0 Å². The quantitative estimate of drug-likeness (QED) is 0.659. The molecule has 0 aromatic rings. The zero-order valence-electron chi connectivity index (χ0n) is 17.6. The predicted octanol–water partition coefficient (Wildman–Crippen LogP) is 2.92. The van der Waals surface area contributed by atoms with E-state index in [2.05, 4.69) is 0 Å². The lowest BCUT2D eigenvalue weighted by atomic mass is 9.65. The van der Waals surface area contributed by atoms with Crippen molar-refractivity contribution in [3.8, 4) is 0 Å². The molecule has 0 aromatic heterocycles. The van der Waals surface area contributed by atoms with Crippen LogP contribution in [-0.2, 0) is 19.1 Å². The number of allylic oxidation sites excluding steroid dienone is 1. The molecule has 0 radical (unpaired) electrons. The van der Waals surface area contributed by atoms with Gasteiger partial charge in [0.2, 0.25) is 0 Å². The van der Waals surface area contributed by atoms with Gasteiger partial charge in [-0.1, -0.05) is 39.0 Å². The van der Waals surface area contributed by atoms with Crippen LogP contribution in [0.15, 0.2) is 23.8 Å². The fourth-order valence-corrected chi connectivity index (χ4v) is 4.84. The molecule has 3 aliphatic rings. The molecule has 0 bridgehead atoms. The first-order valence-corrected chi connectivity index (χ1v) is 10.9. The Hall–Kier alpha value is -1.66. The summed E-state index contributed by atoms with van der Waals surface area (Å²) in [6.07, 6.45) is 7.46. The molecule has 6 nitrogen and oxygen atoms in total. The smallest absolute Gasteiger partial charge is 0.308 e. The highest BCUT2D eigenvalue weighted by molar-refractivity contribution is 5.72. The van der Waals surface area contributed by atoms with E-state index in [1.807, 2.05) is 39.0 Å². The molecule has 2 aliphatic carbocycles. The first-order valence-electron chi connectivity index (χ1n) is 10.9. The van der Waals surface area contributed by atoms with Crippen LogP contribution in [0.1, 0.15) is 59.3 Å². The largest absolute Gasteiger partial charge is 0.462 e. The highest BCUT2D eigenvalue weighted by Gasteiger charge is 2.43. The van der Waals surface area contributed by atoms with E-state index < -0.39 is 12.2 Å². The molecule has 1 aliphatic heterocycles. The van der Waals surface area contributed by atoms with Crippen LogP contribution in [0.2, 0.25) is 0 Å². The maximum absolute atomic E-state index is 12.4. The highest BCUT2D eigenvalue weighted by atomic mass is 16.5. The molecule has 2 unspecified atom stereocenters. The van der Waals surface area contributed by atoms with E-state index in [0.29, 0.717) is 19.3 Å². The molecular formula is C23H34O6. The van der Waals surface area contributed by atoms with Crippen molar-refractivity contribution in [1.82, 2.24) is 0 Å². The normalized spacial score (nSPS) is 37.9. The van der Waals surface area contributed by atoms with Crippen LogP contribution in [0.3, 0.4) is 0 Å². The maximum Gasteiger partial charge on any atom is 0.308 e. The molecule has 0 amide bonds. The van der Waals surface area contributed by atoms with Crippen molar-refractivity contribution in [2.45, 2.75) is 83.7 Å². The van der Waals surface area contributed by atoms with Gasteiger partial charge in [0.05, 0.1) is 24.5 Å². The number of aliphatic hydroxyl groups excluding tert-OH is 2. The van der Waals surface area contributed by atoms with E-state index in [4.69, 9.17) is 9.47 Å². The third-order valence-corrected chi connectivity index (χ3v) is 6.84. The Balaban J connectivity index is 1.74. The molecule has 1 saturated heterocycles. The number of carbonyl (C=O) groups excluding carboxylic acids is 2. The van der Waals surface area contributed by atoms with Gasteiger partial charge in [0, 0.05) is 18.8 Å². The van der Waals surface area contributed by atoms with Crippen LogP contribution in [0.25, 0.3) is 0 Å².